The number of anilines is 1. The molecule has 0 saturated carbocycles. The number of benzene rings is 1. The van der Waals surface area contributed by atoms with E-state index in [-0.39, 0.29) is 18.4 Å². The number of amides is 4. The van der Waals surface area contributed by atoms with Crippen LogP contribution in [0, 0.1) is 19.7 Å². The minimum atomic E-state index is -0.765. The number of hydrogen-bond acceptors (Lipinski definition) is 7. The molecule has 3 aliphatic heterocycles. The van der Waals surface area contributed by atoms with Gasteiger partial charge in [-0.1, -0.05) is 0 Å². The lowest BCUT2D eigenvalue weighted by atomic mass is 10.0. The number of aromatic amines is 1. The summed E-state index contributed by atoms with van der Waals surface area (Å²) in [6.07, 6.45) is 1.59. The van der Waals surface area contributed by atoms with Crippen LogP contribution in [0.15, 0.2) is 18.2 Å². The lowest BCUT2D eigenvalue weighted by molar-refractivity contribution is -0.125. The van der Waals surface area contributed by atoms with E-state index < -0.39 is 29.7 Å². The standard InChI is InChI=1S/C19H17FN4O4.C3H6N2O2/c1-8-14(6-12-11-5-10(20)3-4-13(11)22-17(12)25)21-9(2)16(8)19(27)23-15-7-28-24-18(15)26;4-2-1-7-5-3(2)6/h3-6,15,21H,7H2,1-2H3,(H,22,25)(H,23,27)(H,24,26);2H,1,4H2,(H,5,6)/b12-6-;/t;2-/m.1/s1. The van der Waals surface area contributed by atoms with Crippen LogP contribution in [-0.2, 0) is 24.1 Å². The summed E-state index contributed by atoms with van der Waals surface area (Å²) in [6.45, 7) is 3.79. The number of fused-ring (bicyclic) bond motifs is 1. The largest absolute Gasteiger partial charge is 0.358 e. The first-order valence-corrected chi connectivity index (χ1v) is 10.6. The average molecular weight is 486 g/mol. The quantitative estimate of drug-likeness (QED) is 0.325. The van der Waals surface area contributed by atoms with Gasteiger partial charge >= 0.3 is 0 Å². The SMILES string of the molecule is Cc1[nH]c(/C=C2\C(=O)Nc3ccc(F)cc32)c(C)c1C(=O)NC1CONC1=O.N[C@@H]1CONC1=O. The molecule has 4 heterocycles. The lowest BCUT2D eigenvalue weighted by Gasteiger charge is -2.09. The molecule has 0 bridgehead atoms. The highest BCUT2D eigenvalue weighted by atomic mass is 19.1. The van der Waals surface area contributed by atoms with Crippen molar-refractivity contribution in [1.82, 2.24) is 21.3 Å². The smallest absolute Gasteiger partial charge is 0.268 e. The van der Waals surface area contributed by atoms with Crippen molar-refractivity contribution < 1.29 is 33.2 Å². The van der Waals surface area contributed by atoms with Gasteiger partial charge in [-0.25, -0.2) is 15.4 Å². The number of hydroxylamine groups is 2. The van der Waals surface area contributed by atoms with Crippen LogP contribution in [0.2, 0.25) is 0 Å². The van der Waals surface area contributed by atoms with E-state index in [0.717, 1.165) is 0 Å². The fourth-order valence-electron chi connectivity index (χ4n) is 3.74. The summed E-state index contributed by atoms with van der Waals surface area (Å²) in [6, 6.07) is 2.84. The molecule has 2 fully saturated rings. The molecule has 0 aliphatic carbocycles. The molecule has 1 aromatic carbocycles. The number of halogens is 1. The van der Waals surface area contributed by atoms with Gasteiger partial charge in [-0.3, -0.25) is 28.9 Å². The molecule has 4 amide bonds. The second-order valence-electron chi connectivity index (χ2n) is 8.05. The number of nitrogens with one attached hydrogen (secondary N) is 5. The number of carbonyl (C=O) groups excluding carboxylic acids is 4. The normalized spacial score (nSPS) is 21.7. The molecule has 35 heavy (non-hydrogen) atoms. The monoisotopic (exact) mass is 486 g/mol. The number of aromatic nitrogens is 1. The Labute approximate surface area is 198 Å². The Morgan fingerprint density at radius 2 is 1.86 bits per heavy atom. The van der Waals surface area contributed by atoms with Gasteiger partial charge in [0.15, 0.2) is 0 Å². The zero-order valence-electron chi connectivity index (χ0n) is 18.8. The first kappa shape index (κ1) is 24.1. The van der Waals surface area contributed by atoms with Crippen LogP contribution in [0.4, 0.5) is 10.1 Å². The summed E-state index contributed by atoms with van der Waals surface area (Å²) in [5.74, 6) is -1.87. The van der Waals surface area contributed by atoms with Gasteiger partial charge in [0.2, 0.25) is 0 Å². The molecule has 12 nitrogen and oxygen atoms in total. The third-order valence-electron chi connectivity index (χ3n) is 5.57. The van der Waals surface area contributed by atoms with E-state index in [1.54, 1.807) is 19.9 Å². The molecule has 0 radical (unpaired) electrons. The van der Waals surface area contributed by atoms with E-state index in [9.17, 15) is 23.6 Å². The van der Waals surface area contributed by atoms with Gasteiger partial charge < -0.3 is 21.4 Å². The molecule has 0 spiro atoms. The number of carbonyl (C=O) groups is 4. The number of rotatable bonds is 3. The van der Waals surface area contributed by atoms with Crippen molar-refractivity contribution in [2.75, 3.05) is 18.5 Å². The van der Waals surface area contributed by atoms with E-state index in [1.165, 1.54) is 18.2 Å². The van der Waals surface area contributed by atoms with Crippen molar-refractivity contribution >= 4 is 41.0 Å². The predicted octanol–water partition coefficient (Wildman–Crippen LogP) is -0.202. The zero-order valence-corrected chi connectivity index (χ0v) is 18.8. The van der Waals surface area contributed by atoms with Crippen molar-refractivity contribution in [1.29, 1.82) is 0 Å². The Morgan fingerprint density at radius 1 is 1.14 bits per heavy atom. The Morgan fingerprint density at radius 3 is 2.46 bits per heavy atom. The third-order valence-corrected chi connectivity index (χ3v) is 5.57. The molecule has 7 N–H and O–H groups in total. The van der Waals surface area contributed by atoms with Crippen molar-refractivity contribution in [3.63, 3.8) is 0 Å². The minimum absolute atomic E-state index is 0.0481. The van der Waals surface area contributed by atoms with Gasteiger partial charge in [0.1, 0.15) is 24.5 Å². The Kier molecular flexibility index (Phi) is 6.64. The fourth-order valence-corrected chi connectivity index (χ4v) is 3.74. The van der Waals surface area contributed by atoms with Crippen LogP contribution in [0.3, 0.4) is 0 Å². The van der Waals surface area contributed by atoms with Crippen LogP contribution in [0.25, 0.3) is 11.6 Å². The summed E-state index contributed by atoms with van der Waals surface area (Å²) in [5.41, 5.74) is 12.8. The van der Waals surface area contributed by atoms with Crippen molar-refractivity contribution in [2.45, 2.75) is 25.9 Å². The van der Waals surface area contributed by atoms with E-state index >= 15 is 0 Å². The first-order chi connectivity index (χ1) is 16.7. The van der Waals surface area contributed by atoms with E-state index in [2.05, 4.69) is 31.4 Å². The summed E-state index contributed by atoms with van der Waals surface area (Å²) >= 11 is 0. The van der Waals surface area contributed by atoms with Crippen LogP contribution >= 0.6 is 0 Å². The lowest BCUT2D eigenvalue weighted by Crippen LogP contribution is -2.41. The number of nitrogens with two attached hydrogens (primary N) is 1. The van der Waals surface area contributed by atoms with Gasteiger partial charge in [0.05, 0.1) is 17.7 Å². The average Bonchev–Trinajstić information content (AvgIpc) is 3.53. The molecule has 2 saturated heterocycles. The highest BCUT2D eigenvalue weighted by molar-refractivity contribution is 6.34. The maximum Gasteiger partial charge on any atom is 0.268 e. The van der Waals surface area contributed by atoms with E-state index in [0.29, 0.717) is 45.9 Å². The van der Waals surface area contributed by atoms with Crippen LogP contribution in [-0.4, -0.2) is 53.9 Å². The molecular formula is C22H23FN6O6. The molecule has 1 aromatic heterocycles. The highest BCUT2D eigenvalue weighted by Gasteiger charge is 2.30. The second kappa shape index (κ2) is 9.66. The molecule has 3 aliphatic rings. The van der Waals surface area contributed by atoms with E-state index in [4.69, 9.17) is 10.6 Å². The van der Waals surface area contributed by atoms with Gasteiger partial charge in [0.25, 0.3) is 23.6 Å². The molecule has 184 valence electrons. The van der Waals surface area contributed by atoms with Crippen molar-refractivity contribution in [3.05, 3.63) is 52.1 Å². The Balaban J connectivity index is 0.000000356. The molecule has 2 atom stereocenters. The molecule has 2 aromatic rings. The Hall–Kier alpha value is -4.07. The maximum absolute atomic E-state index is 13.6. The fraction of sp³-hybridized carbons (Fsp3) is 0.273. The highest BCUT2D eigenvalue weighted by Crippen LogP contribution is 2.34. The van der Waals surface area contributed by atoms with Crippen molar-refractivity contribution in [2.24, 2.45) is 5.73 Å². The van der Waals surface area contributed by atoms with Crippen LogP contribution < -0.4 is 27.3 Å². The third kappa shape index (κ3) is 4.91. The molecular weight excluding hydrogens is 463 g/mol. The van der Waals surface area contributed by atoms with Crippen molar-refractivity contribution in [3.8, 4) is 0 Å². The maximum atomic E-state index is 13.6. The molecule has 13 heteroatoms. The number of hydrogen-bond donors (Lipinski definition) is 6. The second-order valence-corrected chi connectivity index (χ2v) is 8.05. The summed E-state index contributed by atoms with van der Waals surface area (Å²) < 4.78 is 13.6. The first-order valence-electron chi connectivity index (χ1n) is 10.6. The summed E-state index contributed by atoms with van der Waals surface area (Å²) in [4.78, 5) is 59.1. The summed E-state index contributed by atoms with van der Waals surface area (Å²) in [7, 11) is 0. The molecule has 1 unspecified atom stereocenters. The zero-order chi connectivity index (χ0) is 25.3. The molecule has 5 rings (SSSR count). The predicted molar refractivity (Wildman–Crippen MR) is 121 cm³/mol. The minimum Gasteiger partial charge on any atom is -0.358 e. The van der Waals surface area contributed by atoms with Gasteiger partial charge in [0, 0.05) is 22.6 Å². The van der Waals surface area contributed by atoms with Crippen LogP contribution in [0.1, 0.15) is 32.9 Å². The number of aryl methyl sites for hydroxylation is 1. The van der Waals surface area contributed by atoms with Gasteiger partial charge in [-0.05, 0) is 43.7 Å². The van der Waals surface area contributed by atoms with Gasteiger partial charge in [-0.2, -0.15) is 0 Å². The summed E-state index contributed by atoms with van der Waals surface area (Å²) in [5, 5.41) is 5.31. The number of H-pyrrole nitrogens is 1. The Bertz CT molecular complexity index is 1260. The van der Waals surface area contributed by atoms with Gasteiger partial charge in [-0.15, -0.1) is 0 Å². The van der Waals surface area contributed by atoms with Crippen LogP contribution in [0.5, 0.6) is 0 Å². The topological polar surface area (TPSA) is 177 Å². The van der Waals surface area contributed by atoms with E-state index in [1.807, 2.05) is 0 Å².